The van der Waals surface area contributed by atoms with Crippen LogP contribution in [-0.4, -0.2) is 68.0 Å². The van der Waals surface area contributed by atoms with E-state index in [0.717, 1.165) is 65.3 Å². The number of aromatic nitrogens is 1. The predicted octanol–water partition coefficient (Wildman–Crippen LogP) is 4.15. The van der Waals surface area contributed by atoms with Gasteiger partial charge in [-0.05, 0) is 42.8 Å². The summed E-state index contributed by atoms with van der Waals surface area (Å²) in [6, 6.07) is 15.8. The van der Waals surface area contributed by atoms with Crippen molar-refractivity contribution in [2.45, 2.75) is 11.3 Å². The molecule has 1 fully saturated rings. The van der Waals surface area contributed by atoms with E-state index in [9.17, 15) is 4.79 Å². The standard InChI is InChI=1S/C23H27N3O3S2/c1-28-18-7-9-19(10-8-18)30-17-22(27)26(12-4-11-25-13-15-29-16-14-25)23-24-20-5-2-3-6-21(20)31-23/h2-3,5-10H,4,11-17H2,1H3. The molecule has 2 heterocycles. The molecule has 0 radical (unpaired) electrons. The summed E-state index contributed by atoms with van der Waals surface area (Å²) in [6.45, 7) is 5.13. The van der Waals surface area contributed by atoms with Crippen LogP contribution in [0.1, 0.15) is 6.42 Å². The number of benzene rings is 2. The molecule has 6 nitrogen and oxygen atoms in total. The SMILES string of the molecule is COc1ccc(SCC(=O)N(CCCN2CCOCC2)c2nc3ccccc3s2)cc1. The van der Waals surface area contributed by atoms with Crippen molar-refractivity contribution in [3.05, 3.63) is 48.5 Å². The highest BCUT2D eigenvalue weighted by atomic mass is 32.2. The molecule has 0 spiro atoms. The molecule has 0 bridgehead atoms. The molecule has 31 heavy (non-hydrogen) atoms. The van der Waals surface area contributed by atoms with Gasteiger partial charge in [0.05, 0.1) is 36.3 Å². The smallest absolute Gasteiger partial charge is 0.239 e. The number of ether oxygens (including phenoxy) is 2. The van der Waals surface area contributed by atoms with Crippen molar-refractivity contribution in [2.75, 3.05) is 57.2 Å². The van der Waals surface area contributed by atoms with Gasteiger partial charge in [-0.1, -0.05) is 23.5 Å². The fourth-order valence-corrected chi connectivity index (χ4v) is 5.26. The molecule has 1 aliphatic heterocycles. The lowest BCUT2D eigenvalue weighted by Crippen LogP contribution is -2.39. The van der Waals surface area contributed by atoms with E-state index in [0.29, 0.717) is 12.3 Å². The molecular weight excluding hydrogens is 430 g/mol. The summed E-state index contributed by atoms with van der Waals surface area (Å²) in [7, 11) is 1.65. The largest absolute Gasteiger partial charge is 0.497 e. The minimum Gasteiger partial charge on any atom is -0.497 e. The van der Waals surface area contributed by atoms with Gasteiger partial charge in [0.15, 0.2) is 5.13 Å². The van der Waals surface area contributed by atoms with Crippen molar-refractivity contribution in [2.24, 2.45) is 0 Å². The molecule has 0 atom stereocenters. The first-order valence-electron chi connectivity index (χ1n) is 10.5. The van der Waals surface area contributed by atoms with Crippen molar-refractivity contribution in [3.63, 3.8) is 0 Å². The number of rotatable bonds is 9. The minimum atomic E-state index is 0.0850. The number of hydrogen-bond donors (Lipinski definition) is 0. The number of amides is 1. The molecule has 1 saturated heterocycles. The van der Waals surface area contributed by atoms with Gasteiger partial charge in [0.1, 0.15) is 5.75 Å². The van der Waals surface area contributed by atoms with Gasteiger partial charge >= 0.3 is 0 Å². The van der Waals surface area contributed by atoms with Gasteiger partial charge in [-0.15, -0.1) is 11.8 Å². The molecule has 0 saturated carbocycles. The first kappa shape index (κ1) is 22.1. The lowest BCUT2D eigenvalue weighted by Gasteiger charge is -2.27. The van der Waals surface area contributed by atoms with Crippen LogP contribution in [0.25, 0.3) is 10.2 Å². The number of nitrogens with zero attached hydrogens (tertiary/aromatic N) is 3. The Balaban J connectivity index is 1.42. The molecule has 3 aromatic rings. The Morgan fingerprint density at radius 2 is 1.97 bits per heavy atom. The summed E-state index contributed by atoms with van der Waals surface area (Å²) < 4.78 is 11.7. The van der Waals surface area contributed by atoms with Gasteiger partial charge in [-0.25, -0.2) is 4.98 Å². The quantitative estimate of drug-likeness (QED) is 0.450. The Hall–Kier alpha value is -2.13. The molecule has 1 aromatic heterocycles. The van der Waals surface area contributed by atoms with E-state index < -0.39 is 0 Å². The second-order valence-electron chi connectivity index (χ2n) is 7.28. The Bertz CT molecular complexity index is 954. The summed E-state index contributed by atoms with van der Waals surface area (Å²) in [4.78, 5) is 23.3. The van der Waals surface area contributed by atoms with Crippen LogP contribution in [0.5, 0.6) is 5.75 Å². The zero-order valence-corrected chi connectivity index (χ0v) is 19.3. The number of morpholine rings is 1. The first-order valence-corrected chi connectivity index (χ1v) is 12.3. The number of anilines is 1. The summed E-state index contributed by atoms with van der Waals surface area (Å²) in [6.07, 6.45) is 0.912. The first-order chi connectivity index (χ1) is 15.2. The normalized spacial score (nSPS) is 14.6. The van der Waals surface area contributed by atoms with Gasteiger partial charge in [-0.3, -0.25) is 14.6 Å². The van der Waals surface area contributed by atoms with Crippen LogP contribution in [0.15, 0.2) is 53.4 Å². The lowest BCUT2D eigenvalue weighted by molar-refractivity contribution is -0.116. The number of thioether (sulfide) groups is 1. The van der Waals surface area contributed by atoms with Crippen molar-refractivity contribution < 1.29 is 14.3 Å². The van der Waals surface area contributed by atoms with Crippen LogP contribution in [-0.2, 0) is 9.53 Å². The molecule has 0 unspecified atom stereocenters. The highest BCUT2D eigenvalue weighted by Gasteiger charge is 2.20. The fourth-order valence-electron chi connectivity index (χ4n) is 3.47. The van der Waals surface area contributed by atoms with E-state index >= 15 is 0 Å². The van der Waals surface area contributed by atoms with Crippen molar-refractivity contribution in [3.8, 4) is 5.75 Å². The van der Waals surface area contributed by atoms with E-state index in [-0.39, 0.29) is 5.91 Å². The molecule has 1 aliphatic rings. The maximum atomic E-state index is 13.2. The summed E-state index contributed by atoms with van der Waals surface area (Å²) in [5.41, 5.74) is 0.941. The van der Waals surface area contributed by atoms with Crippen LogP contribution in [0.4, 0.5) is 5.13 Å². The number of para-hydroxylation sites is 1. The van der Waals surface area contributed by atoms with Crippen molar-refractivity contribution in [1.29, 1.82) is 0 Å². The van der Waals surface area contributed by atoms with Gasteiger partial charge < -0.3 is 9.47 Å². The van der Waals surface area contributed by atoms with Crippen molar-refractivity contribution >= 4 is 44.4 Å². The Morgan fingerprint density at radius 1 is 1.19 bits per heavy atom. The van der Waals surface area contributed by atoms with Gasteiger partial charge in [0.25, 0.3) is 0 Å². The Kier molecular flexibility index (Phi) is 7.80. The van der Waals surface area contributed by atoms with Gasteiger partial charge in [0, 0.05) is 31.1 Å². The number of carbonyl (C=O) groups is 1. The highest BCUT2D eigenvalue weighted by Crippen LogP contribution is 2.30. The van der Waals surface area contributed by atoms with Gasteiger partial charge in [-0.2, -0.15) is 0 Å². The van der Waals surface area contributed by atoms with Crippen LogP contribution in [0.2, 0.25) is 0 Å². The molecule has 0 N–H and O–H groups in total. The predicted molar refractivity (Wildman–Crippen MR) is 128 cm³/mol. The number of carbonyl (C=O) groups excluding carboxylic acids is 1. The third-order valence-electron chi connectivity index (χ3n) is 5.20. The van der Waals surface area contributed by atoms with E-state index in [1.807, 2.05) is 47.4 Å². The molecule has 2 aromatic carbocycles. The lowest BCUT2D eigenvalue weighted by atomic mass is 10.3. The molecule has 1 amide bonds. The van der Waals surface area contributed by atoms with Crippen LogP contribution in [0.3, 0.4) is 0 Å². The van der Waals surface area contributed by atoms with Crippen molar-refractivity contribution in [1.82, 2.24) is 9.88 Å². The molecular formula is C23H27N3O3S2. The summed E-state index contributed by atoms with van der Waals surface area (Å²) in [5.74, 6) is 1.27. The number of hydrogen-bond acceptors (Lipinski definition) is 7. The Labute approximate surface area is 191 Å². The van der Waals surface area contributed by atoms with Crippen LogP contribution >= 0.6 is 23.1 Å². The third kappa shape index (κ3) is 5.98. The number of thiazole rings is 1. The Morgan fingerprint density at radius 3 is 2.71 bits per heavy atom. The van der Waals surface area contributed by atoms with Gasteiger partial charge in [0.2, 0.25) is 5.91 Å². The third-order valence-corrected chi connectivity index (χ3v) is 7.25. The summed E-state index contributed by atoms with van der Waals surface area (Å²) in [5, 5.41) is 0.781. The molecule has 0 aliphatic carbocycles. The zero-order chi connectivity index (χ0) is 21.5. The zero-order valence-electron chi connectivity index (χ0n) is 17.7. The number of fused-ring (bicyclic) bond motifs is 1. The van der Waals surface area contributed by atoms with E-state index in [4.69, 9.17) is 14.5 Å². The second kappa shape index (κ2) is 10.9. The molecule has 164 valence electrons. The molecule has 4 rings (SSSR count). The highest BCUT2D eigenvalue weighted by molar-refractivity contribution is 8.00. The van der Waals surface area contributed by atoms with Crippen LogP contribution < -0.4 is 9.64 Å². The maximum absolute atomic E-state index is 13.2. The summed E-state index contributed by atoms with van der Waals surface area (Å²) >= 11 is 3.12. The second-order valence-corrected chi connectivity index (χ2v) is 9.34. The number of methoxy groups -OCH3 is 1. The monoisotopic (exact) mass is 457 g/mol. The van der Waals surface area contributed by atoms with Crippen LogP contribution in [0, 0.1) is 0 Å². The van der Waals surface area contributed by atoms with E-state index in [1.165, 1.54) is 0 Å². The fraction of sp³-hybridized carbons (Fsp3) is 0.391. The minimum absolute atomic E-state index is 0.0850. The maximum Gasteiger partial charge on any atom is 0.239 e. The topological polar surface area (TPSA) is 54.9 Å². The van der Waals surface area contributed by atoms with E-state index in [1.54, 1.807) is 30.2 Å². The van der Waals surface area contributed by atoms with E-state index in [2.05, 4.69) is 11.0 Å². The average Bonchev–Trinajstić information content (AvgIpc) is 3.25. The molecule has 8 heteroatoms. The average molecular weight is 458 g/mol.